The molecule has 2 amide bonds. The first-order valence-corrected chi connectivity index (χ1v) is 10.9. The molecule has 0 unspecified atom stereocenters. The molecule has 8 heteroatoms. The molecule has 3 aromatic rings. The van der Waals surface area contributed by atoms with E-state index in [-0.39, 0.29) is 35.7 Å². The van der Waals surface area contributed by atoms with Gasteiger partial charge in [0, 0.05) is 23.6 Å². The monoisotopic (exact) mass is 436 g/mol. The Bertz CT molecular complexity index is 1100. The number of benzene rings is 1. The van der Waals surface area contributed by atoms with Gasteiger partial charge in [0.2, 0.25) is 17.6 Å². The first-order valence-electron chi connectivity index (χ1n) is 10.9. The van der Waals surface area contributed by atoms with Gasteiger partial charge < -0.3 is 19.6 Å². The second kappa shape index (κ2) is 8.98. The molecule has 1 aromatic carbocycles. The summed E-state index contributed by atoms with van der Waals surface area (Å²) in [6.45, 7) is 7.42. The standard InChI is InChI=1S/C24H28N4O4/c1-13(2)25-22(29)17-11-19(24-27-21(28-32-24)16-8-6-5-7-9-16)20(12-17)26-23(30)18-10-14(3)31-15(18)4/h5-10,13,17,19-20H,11-12H2,1-4H3,(H,25,29)(H,26,30)/t17-,19-,20+/m1/s1. The number of carbonyl (C=O) groups excluding carboxylic acids is 2. The molecule has 0 saturated heterocycles. The van der Waals surface area contributed by atoms with Crippen molar-refractivity contribution in [3.8, 4) is 11.4 Å². The van der Waals surface area contributed by atoms with Gasteiger partial charge in [0.1, 0.15) is 11.5 Å². The molecule has 4 rings (SSSR count). The second-order valence-corrected chi connectivity index (χ2v) is 8.67. The molecule has 1 fully saturated rings. The minimum atomic E-state index is -0.316. The molecule has 1 aliphatic rings. The van der Waals surface area contributed by atoms with E-state index in [0.717, 1.165) is 5.56 Å². The van der Waals surface area contributed by atoms with Crippen LogP contribution in [0.25, 0.3) is 11.4 Å². The molecule has 0 bridgehead atoms. The van der Waals surface area contributed by atoms with E-state index in [4.69, 9.17) is 8.94 Å². The minimum Gasteiger partial charge on any atom is -0.466 e. The van der Waals surface area contributed by atoms with E-state index in [1.807, 2.05) is 44.2 Å². The summed E-state index contributed by atoms with van der Waals surface area (Å²) in [4.78, 5) is 30.3. The Balaban J connectivity index is 1.58. The zero-order chi connectivity index (χ0) is 22.8. The fraction of sp³-hybridized carbons (Fsp3) is 0.417. The summed E-state index contributed by atoms with van der Waals surface area (Å²) in [6, 6.07) is 11.0. The lowest BCUT2D eigenvalue weighted by atomic mass is 10.0. The zero-order valence-electron chi connectivity index (χ0n) is 18.7. The van der Waals surface area contributed by atoms with Gasteiger partial charge in [-0.15, -0.1) is 0 Å². The number of amides is 2. The molecule has 8 nitrogen and oxygen atoms in total. The van der Waals surface area contributed by atoms with Crippen molar-refractivity contribution in [2.75, 3.05) is 0 Å². The molecular weight excluding hydrogens is 408 g/mol. The lowest BCUT2D eigenvalue weighted by Crippen LogP contribution is -2.38. The minimum absolute atomic E-state index is 0.0279. The zero-order valence-corrected chi connectivity index (χ0v) is 18.7. The third-order valence-corrected chi connectivity index (χ3v) is 5.76. The number of furan rings is 1. The largest absolute Gasteiger partial charge is 0.466 e. The van der Waals surface area contributed by atoms with Crippen LogP contribution in [0, 0.1) is 19.8 Å². The van der Waals surface area contributed by atoms with Crippen LogP contribution in [0.3, 0.4) is 0 Å². The molecule has 0 aliphatic heterocycles. The van der Waals surface area contributed by atoms with Crippen molar-refractivity contribution >= 4 is 11.8 Å². The van der Waals surface area contributed by atoms with Crippen LogP contribution in [-0.4, -0.2) is 34.0 Å². The van der Waals surface area contributed by atoms with E-state index in [1.165, 1.54) is 0 Å². The van der Waals surface area contributed by atoms with Gasteiger partial charge in [-0.1, -0.05) is 35.5 Å². The molecule has 2 aromatic heterocycles. The van der Waals surface area contributed by atoms with E-state index in [1.54, 1.807) is 19.9 Å². The molecule has 0 spiro atoms. The number of aryl methyl sites for hydroxylation is 2. The fourth-order valence-corrected chi connectivity index (χ4v) is 4.28. The number of rotatable bonds is 6. The summed E-state index contributed by atoms with van der Waals surface area (Å²) in [7, 11) is 0. The fourth-order valence-electron chi connectivity index (χ4n) is 4.28. The maximum Gasteiger partial charge on any atom is 0.255 e. The number of nitrogens with one attached hydrogen (secondary N) is 2. The van der Waals surface area contributed by atoms with Crippen molar-refractivity contribution in [3.63, 3.8) is 0 Å². The number of hydrogen-bond acceptors (Lipinski definition) is 6. The van der Waals surface area contributed by atoms with Gasteiger partial charge in [-0.05, 0) is 46.6 Å². The van der Waals surface area contributed by atoms with Crippen molar-refractivity contribution < 1.29 is 18.5 Å². The summed E-state index contributed by atoms with van der Waals surface area (Å²) < 4.78 is 11.1. The number of aromatic nitrogens is 2. The topological polar surface area (TPSA) is 110 Å². The highest BCUT2D eigenvalue weighted by Gasteiger charge is 2.42. The first-order chi connectivity index (χ1) is 15.3. The van der Waals surface area contributed by atoms with Crippen molar-refractivity contribution in [3.05, 3.63) is 59.4 Å². The number of hydrogen-bond donors (Lipinski definition) is 2. The summed E-state index contributed by atoms with van der Waals surface area (Å²) in [5, 5.41) is 10.2. The Morgan fingerprint density at radius 3 is 2.53 bits per heavy atom. The van der Waals surface area contributed by atoms with E-state index in [2.05, 4.69) is 20.8 Å². The van der Waals surface area contributed by atoms with Crippen LogP contribution in [0.2, 0.25) is 0 Å². The van der Waals surface area contributed by atoms with Gasteiger partial charge in [-0.3, -0.25) is 9.59 Å². The van der Waals surface area contributed by atoms with Crippen molar-refractivity contribution in [2.24, 2.45) is 5.92 Å². The third kappa shape index (κ3) is 4.59. The molecule has 32 heavy (non-hydrogen) atoms. The maximum atomic E-state index is 13.0. The lowest BCUT2D eigenvalue weighted by Gasteiger charge is -2.17. The molecule has 0 radical (unpaired) electrons. The Morgan fingerprint density at radius 2 is 1.88 bits per heavy atom. The molecule has 168 valence electrons. The van der Waals surface area contributed by atoms with Crippen LogP contribution in [0.4, 0.5) is 0 Å². The average molecular weight is 437 g/mol. The molecular formula is C24H28N4O4. The Kier molecular flexibility index (Phi) is 6.12. The molecule has 1 saturated carbocycles. The number of nitrogens with zero attached hydrogens (tertiary/aromatic N) is 2. The molecule has 3 atom stereocenters. The maximum absolute atomic E-state index is 13.0. The smallest absolute Gasteiger partial charge is 0.255 e. The summed E-state index contributed by atoms with van der Waals surface area (Å²) in [6.07, 6.45) is 1.01. The summed E-state index contributed by atoms with van der Waals surface area (Å²) >= 11 is 0. The van der Waals surface area contributed by atoms with Crippen molar-refractivity contribution in [1.82, 2.24) is 20.8 Å². The SMILES string of the molecule is Cc1cc(C(=O)N[C@H]2C[C@H](C(=O)NC(C)C)C[C@H]2c2nc(-c3ccccc3)no2)c(C)o1. The van der Waals surface area contributed by atoms with Gasteiger partial charge in [0.15, 0.2) is 0 Å². The Hall–Kier alpha value is -3.42. The highest BCUT2D eigenvalue weighted by molar-refractivity contribution is 5.95. The Morgan fingerprint density at radius 1 is 1.12 bits per heavy atom. The van der Waals surface area contributed by atoms with Crippen LogP contribution < -0.4 is 10.6 Å². The second-order valence-electron chi connectivity index (χ2n) is 8.67. The van der Waals surface area contributed by atoms with Crippen LogP contribution in [0.15, 0.2) is 45.3 Å². The normalized spacial score (nSPS) is 20.5. The predicted molar refractivity (Wildman–Crippen MR) is 118 cm³/mol. The average Bonchev–Trinajstić information content (AvgIpc) is 3.46. The van der Waals surface area contributed by atoms with Gasteiger partial charge >= 0.3 is 0 Å². The van der Waals surface area contributed by atoms with E-state index >= 15 is 0 Å². The number of carbonyl (C=O) groups is 2. The van der Waals surface area contributed by atoms with Gasteiger partial charge in [-0.25, -0.2) is 0 Å². The van der Waals surface area contributed by atoms with E-state index in [0.29, 0.717) is 41.6 Å². The molecule has 2 heterocycles. The molecule has 1 aliphatic carbocycles. The highest BCUT2D eigenvalue weighted by atomic mass is 16.5. The van der Waals surface area contributed by atoms with E-state index < -0.39 is 0 Å². The lowest BCUT2D eigenvalue weighted by molar-refractivity contribution is -0.125. The van der Waals surface area contributed by atoms with Gasteiger partial charge in [0.25, 0.3) is 5.91 Å². The summed E-state index contributed by atoms with van der Waals surface area (Å²) in [5.74, 6) is 1.37. The van der Waals surface area contributed by atoms with E-state index in [9.17, 15) is 9.59 Å². The van der Waals surface area contributed by atoms with Crippen molar-refractivity contribution in [2.45, 2.75) is 58.5 Å². The first kappa shape index (κ1) is 21.8. The van der Waals surface area contributed by atoms with Crippen molar-refractivity contribution in [1.29, 1.82) is 0 Å². The third-order valence-electron chi connectivity index (χ3n) is 5.76. The predicted octanol–water partition coefficient (Wildman–Crippen LogP) is 3.76. The quantitative estimate of drug-likeness (QED) is 0.609. The Labute approximate surface area is 186 Å². The highest BCUT2D eigenvalue weighted by Crippen LogP contribution is 2.39. The van der Waals surface area contributed by atoms with Crippen LogP contribution >= 0.6 is 0 Å². The van der Waals surface area contributed by atoms with Crippen LogP contribution in [0.1, 0.15) is 60.4 Å². The molecule has 2 N–H and O–H groups in total. The van der Waals surface area contributed by atoms with Crippen LogP contribution in [-0.2, 0) is 4.79 Å². The van der Waals surface area contributed by atoms with Gasteiger partial charge in [-0.2, -0.15) is 4.98 Å². The van der Waals surface area contributed by atoms with Gasteiger partial charge in [0.05, 0.1) is 11.5 Å². The summed E-state index contributed by atoms with van der Waals surface area (Å²) in [5.41, 5.74) is 1.34. The van der Waals surface area contributed by atoms with Crippen LogP contribution in [0.5, 0.6) is 0 Å².